The lowest BCUT2D eigenvalue weighted by Crippen LogP contribution is -2.57. The molecular weight excluding hydrogens is 327 g/mol. The highest BCUT2D eigenvalue weighted by molar-refractivity contribution is 14.1. The summed E-state index contributed by atoms with van der Waals surface area (Å²) in [6.07, 6.45) is -2.17. The SMILES string of the molecule is CO[C@H]1O[C@H](CI)[C@@H](O)[C@@H]2OC(C)(C)O[C@H]12. The molecule has 2 rings (SSSR count). The Morgan fingerprint density at radius 2 is 1.94 bits per heavy atom. The first-order valence-electron chi connectivity index (χ1n) is 5.26. The van der Waals surface area contributed by atoms with Gasteiger partial charge in [0, 0.05) is 11.5 Å². The first-order valence-corrected chi connectivity index (χ1v) is 6.79. The van der Waals surface area contributed by atoms with E-state index in [4.69, 9.17) is 18.9 Å². The fourth-order valence-electron chi connectivity index (χ4n) is 2.15. The zero-order valence-corrected chi connectivity index (χ0v) is 11.7. The molecule has 0 bridgehead atoms. The van der Waals surface area contributed by atoms with Crippen LogP contribution >= 0.6 is 22.6 Å². The van der Waals surface area contributed by atoms with Gasteiger partial charge >= 0.3 is 0 Å². The predicted molar refractivity (Wildman–Crippen MR) is 64.4 cm³/mol. The van der Waals surface area contributed by atoms with E-state index in [1.54, 1.807) is 7.11 Å². The summed E-state index contributed by atoms with van der Waals surface area (Å²) in [4.78, 5) is 0. The van der Waals surface area contributed by atoms with E-state index < -0.39 is 18.2 Å². The molecule has 0 unspecified atom stereocenters. The highest BCUT2D eigenvalue weighted by Crippen LogP contribution is 2.37. The van der Waals surface area contributed by atoms with Gasteiger partial charge in [0.1, 0.15) is 18.3 Å². The molecule has 94 valence electrons. The van der Waals surface area contributed by atoms with Crippen LogP contribution in [-0.2, 0) is 18.9 Å². The van der Waals surface area contributed by atoms with Gasteiger partial charge < -0.3 is 24.1 Å². The van der Waals surface area contributed by atoms with Crippen molar-refractivity contribution in [3.63, 3.8) is 0 Å². The number of aliphatic hydroxyl groups is 1. The smallest absolute Gasteiger partial charge is 0.186 e. The molecule has 2 fully saturated rings. The summed E-state index contributed by atoms with van der Waals surface area (Å²) in [5.41, 5.74) is 0. The third-order valence-electron chi connectivity index (χ3n) is 2.84. The third kappa shape index (κ3) is 2.23. The predicted octanol–water partition coefficient (Wildman–Crippen LogP) is 0.674. The van der Waals surface area contributed by atoms with Gasteiger partial charge in [0.05, 0.1) is 6.10 Å². The van der Waals surface area contributed by atoms with E-state index in [9.17, 15) is 5.11 Å². The van der Waals surface area contributed by atoms with Gasteiger partial charge in [-0.15, -0.1) is 0 Å². The Bertz CT molecular complexity index is 260. The molecule has 0 aliphatic carbocycles. The molecule has 6 heteroatoms. The molecule has 16 heavy (non-hydrogen) atoms. The number of halogens is 1. The Morgan fingerprint density at radius 3 is 2.50 bits per heavy atom. The Kier molecular flexibility index (Phi) is 3.78. The van der Waals surface area contributed by atoms with Crippen molar-refractivity contribution in [3.05, 3.63) is 0 Å². The second-order valence-electron chi connectivity index (χ2n) is 4.49. The lowest BCUT2D eigenvalue weighted by atomic mass is 10.0. The van der Waals surface area contributed by atoms with Gasteiger partial charge in [-0.2, -0.15) is 0 Å². The molecule has 2 saturated heterocycles. The average molecular weight is 344 g/mol. The van der Waals surface area contributed by atoms with E-state index in [0.717, 1.165) is 0 Å². The maximum absolute atomic E-state index is 10.1. The van der Waals surface area contributed by atoms with Gasteiger partial charge in [0.2, 0.25) is 0 Å². The van der Waals surface area contributed by atoms with Crippen molar-refractivity contribution in [1.82, 2.24) is 0 Å². The summed E-state index contributed by atoms with van der Waals surface area (Å²) >= 11 is 2.17. The van der Waals surface area contributed by atoms with E-state index in [2.05, 4.69) is 22.6 Å². The van der Waals surface area contributed by atoms with Crippen molar-refractivity contribution in [1.29, 1.82) is 0 Å². The molecule has 1 N–H and O–H groups in total. The van der Waals surface area contributed by atoms with E-state index >= 15 is 0 Å². The second-order valence-corrected chi connectivity index (χ2v) is 5.37. The lowest BCUT2D eigenvalue weighted by Gasteiger charge is -2.38. The van der Waals surface area contributed by atoms with Crippen LogP contribution in [0.5, 0.6) is 0 Å². The van der Waals surface area contributed by atoms with Crippen molar-refractivity contribution in [2.45, 2.75) is 50.3 Å². The summed E-state index contributed by atoms with van der Waals surface area (Å²) in [6.45, 7) is 3.65. The minimum absolute atomic E-state index is 0.274. The van der Waals surface area contributed by atoms with Gasteiger partial charge in [-0.3, -0.25) is 0 Å². The van der Waals surface area contributed by atoms with Crippen LogP contribution in [0, 0.1) is 0 Å². The van der Waals surface area contributed by atoms with Gasteiger partial charge in [-0.1, -0.05) is 22.6 Å². The van der Waals surface area contributed by atoms with Crippen LogP contribution in [0.25, 0.3) is 0 Å². The molecule has 2 heterocycles. The monoisotopic (exact) mass is 344 g/mol. The molecule has 0 aromatic heterocycles. The minimum atomic E-state index is -0.698. The van der Waals surface area contributed by atoms with Crippen LogP contribution in [0.2, 0.25) is 0 Å². The van der Waals surface area contributed by atoms with E-state index in [1.165, 1.54) is 0 Å². The van der Waals surface area contributed by atoms with Crippen molar-refractivity contribution in [3.8, 4) is 0 Å². The molecule has 2 aliphatic heterocycles. The largest absolute Gasteiger partial charge is 0.388 e. The molecule has 5 nitrogen and oxygen atoms in total. The summed E-state index contributed by atoms with van der Waals surface area (Å²) in [6, 6.07) is 0. The minimum Gasteiger partial charge on any atom is -0.388 e. The number of methoxy groups -OCH3 is 1. The first-order chi connectivity index (χ1) is 7.48. The Balaban J connectivity index is 2.18. The Labute approximate surface area is 109 Å². The fraction of sp³-hybridized carbons (Fsp3) is 1.00. The Morgan fingerprint density at radius 1 is 1.31 bits per heavy atom. The van der Waals surface area contributed by atoms with Crippen LogP contribution < -0.4 is 0 Å². The van der Waals surface area contributed by atoms with E-state index in [-0.39, 0.29) is 18.3 Å². The number of fused-ring (bicyclic) bond motifs is 1. The number of ether oxygens (including phenoxy) is 4. The summed E-state index contributed by atoms with van der Waals surface area (Å²) < 4.78 is 22.9. The van der Waals surface area contributed by atoms with Crippen LogP contribution in [-0.4, -0.2) is 53.1 Å². The van der Waals surface area contributed by atoms with Crippen molar-refractivity contribution >= 4 is 22.6 Å². The second kappa shape index (κ2) is 4.66. The van der Waals surface area contributed by atoms with Crippen LogP contribution in [0.3, 0.4) is 0 Å². The zero-order chi connectivity index (χ0) is 11.9. The highest BCUT2D eigenvalue weighted by atomic mass is 127. The molecule has 0 amide bonds. The summed E-state index contributed by atoms with van der Waals surface area (Å²) in [5.74, 6) is -0.698. The molecule has 0 spiro atoms. The molecule has 0 aromatic carbocycles. The van der Waals surface area contributed by atoms with Crippen LogP contribution in [0.4, 0.5) is 0 Å². The lowest BCUT2D eigenvalue weighted by molar-refractivity contribution is -0.261. The number of rotatable bonds is 2. The van der Waals surface area contributed by atoms with Gasteiger partial charge in [0.25, 0.3) is 0 Å². The Hall–Kier alpha value is 0.530. The van der Waals surface area contributed by atoms with Crippen molar-refractivity contribution < 1.29 is 24.1 Å². The van der Waals surface area contributed by atoms with Crippen molar-refractivity contribution in [2.75, 3.05) is 11.5 Å². The fourth-order valence-corrected chi connectivity index (χ4v) is 2.88. The number of aliphatic hydroxyl groups excluding tert-OH is 1. The third-order valence-corrected chi connectivity index (χ3v) is 3.71. The van der Waals surface area contributed by atoms with Gasteiger partial charge in [-0.05, 0) is 13.8 Å². The molecular formula is C10H17IO5. The van der Waals surface area contributed by atoms with E-state index in [1.807, 2.05) is 13.8 Å². The van der Waals surface area contributed by atoms with Crippen LogP contribution in [0.1, 0.15) is 13.8 Å². The van der Waals surface area contributed by atoms with Crippen molar-refractivity contribution in [2.24, 2.45) is 0 Å². The summed E-state index contributed by atoms with van der Waals surface area (Å²) in [7, 11) is 1.57. The quantitative estimate of drug-likeness (QED) is 0.590. The van der Waals surface area contributed by atoms with Gasteiger partial charge in [0.15, 0.2) is 12.1 Å². The van der Waals surface area contributed by atoms with Crippen LogP contribution in [0.15, 0.2) is 0 Å². The molecule has 0 saturated carbocycles. The maximum Gasteiger partial charge on any atom is 0.186 e. The number of hydrogen-bond donors (Lipinski definition) is 1. The molecule has 0 aromatic rings. The first kappa shape index (κ1) is 13.0. The molecule has 2 aliphatic rings. The number of hydrogen-bond acceptors (Lipinski definition) is 5. The van der Waals surface area contributed by atoms with Gasteiger partial charge in [-0.25, -0.2) is 0 Å². The maximum atomic E-state index is 10.1. The molecule has 5 atom stereocenters. The number of alkyl halides is 1. The zero-order valence-electron chi connectivity index (χ0n) is 9.55. The average Bonchev–Trinajstić information content (AvgIpc) is 2.55. The summed E-state index contributed by atoms with van der Waals surface area (Å²) in [5, 5.41) is 10.1. The normalized spacial score (nSPS) is 46.7. The van der Waals surface area contributed by atoms with E-state index in [0.29, 0.717) is 4.43 Å². The topological polar surface area (TPSA) is 57.2 Å². The standard InChI is InChI=1S/C10H17IO5/c1-10(2)15-7-6(12)5(4-11)14-9(13-3)8(7)16-10/h5-9,12H,4H2,1-3H3/t5-,6-,7+,8+,9+/m1/s1. The highest BCUT2D eigenvalue weighted by Gasteiger charge is 2.54. The molecule has 0 radical (unpaired) electrons.